The van der Waals surface area contributed by atoms with Crippen molar-refractivity contribution >= 4 is 18.6 Å². The van der Waals surface area contributed by atoms with Gasteiger partial charge in [0, 0.05) is 11.5 Å². The number of esters is 1. The fraction of sp³-hybridized carbons (Fsp3) is 0.308. The van der Waals surface area contributed by atoms with Gasteiger partial charge in [-0.1, -0.05) is 18.1 Å². The second-order valence-corrected chi connectivity index (χ2v) is 4.75. The monoisotopic (exact) mass is 246 g/mol. The van der Waals surface area contributed by atoms with Gasteiger partial charge in [-0.15, -0.1) is 0 Å². The van der Waals surface area contributed by atoms with Crippen molar-refractivity contribution in [3.63, 3.8) is 0 Å². The molecule has 0 fully saturated rings. The largest absolute Gasteiger partial charge is 0.488 e. The van der Waals surface area contributed by atoms with Crippen LogP contribution in [0.3, 0.4) is 0 Å². The number of hydrogen-bond donors (Lipinski definition) is 2. The predicted molar refractivity (Wildman–Crippen MR) is 69.0 cm³/mol. The van der Waals surface area contributed by atoms with E-state index in [1.54, 1.807) is 32.9 Å². The standard InChI is InChI=1S/C13H15BO4/c1-13(2,3)18-12(15)9-6-10-4-7-11(8-5-10)14(16)17/h4-5,7-8,16-17H,1-3H3. The van der Waals surface area contributed by atoms with Crippen LogP contribution in [-0.4, -0.2) is 28.7 Å². The molecule has 0 bridgehead atoms. The van der Waals surface area contributed by atoms with Crippen LogP contribution in [0.2, 0.25) is 0 Å². The molecule has 0 radical (unpaired) electrons. The van der Waals surface area contributed by atoms with Gasteiger partial charge in [0.15, 0.2) is 0 Å². The first-order valence-electron chi connectivity index (χ1n) is 5.49. The Bertz CT molecular complexity index is 474. The number of carbonyl (C=O) groups excluding carboxylic acids is 1. The first-order chi connectivity index (χ1) is 8.28. The molecule has 1 aromatic carbocycles. The summed E-state index contributed by atoms with van der Waals surface area (Å²) in [5.74, 6) is 4.42. The van der Waals surface area contributed by atoms with E-state index in [2.05, 4.69) is 11.8 Å². The van der Waals surface area contributed by atoms with E-state index in [0.717, 1.165) is 0 Å². The summed E-state index contributed by atoms with van der Waals surface area (Å²) in [6.45, 7) is 5.30. The second-order valence-electron chi connectivity index (χ2n) is 4.75. The van der Waals surface area contributed by atoms with E-state index in [1.807, 2.05) is 0 Å². The van der Waals surface area contributed by atoms with Gasteiger partial charge in [0.2, 0.25) is 0 Å². The van der Waals surface area contributed by atoms with Gasteiger partial charge in [-0.2, -0.15) is 0 Å². The Morgan fingerprint density at radius 2 is 1.78 bits per heavy atom. The molecule has 5 heteroatoms. The summed E-state index contributed by atoms with van der Waals surface area (Å²) in [6, 6.07) is 6.27. The van der Waals surface area contributed by atoms with Gasteiger partial charge >= 0.3 is 13.1 Å². The minimum atomic E-state index is -1.50. The molecule has 4 nitrogen and oxygen atoms in total. The van der Waals surface area contributed by atoms with Gasteiger partial charge in [0.25, 0.3) is 0 Å². The first-order valence-corrected chi connectivity index (χ1v) is 5.49. The van der Waals surface area contributed by atoms with E-state index < -0.39 is 18.7 Å². The van der Waals surface area contributed by atoms with Crippen LogP contribution in [0.25, 0.3) is 0 Å². The van der Waals surface area contributed by atoms with Gasteiger partial charge in [-0.3, -0.25) is 0 Å². The summed E-state index contributed by atoms with van der Waals surface area (Å²) >= 11 is 0. The van der Waals surface area contributed by atoms with Crippen molar-refractivity contribution < 1.29 is 19.6 Å². The molecule has 0 saturated heterocycles. The van der Waals surface area contributed by atoms with Crippen LogP contribution >= 0.6 is 0 Å². The SMILES string of the molecule is CC(C)(C)OC(=O)C#Cc1ccc(B(O)O)cc1. The Kier molecular flexibility index (Phi) is 4.54. The Hall–Kier alpha value is -1.77. The highest BCUT2D eigenvalue weighted by Gasteiger charge is 2.14. The lowest BCUT2D eigenvalue weighted by Crippen LogP contribution is -2.29. The van der Waals surface area contributed by atoms with Gasteiger partial charge in [0.1, 0.15) is 5.60 Å². The normalized spacial score (nSPS) is 10.3. The number of rotatable bonds is 1. The molecular formula is C13H15BO4. The molecular weight excluding hydrogens is 231 g/mol. The Morgan fingerprint density at radius 3 is 2.22 bits per heavy atom. The van der Waals surface area contributed by atoms with Crippen LogP contribution in [0.5, 0.6) is 0 Å². The van der Waals surface area contributed by atoms with E-state index in [0.29, 0.717) is 11.0 Å². The van der Waals surface area contributed by atoms with Gasteiger partial charge < -0.3 is 14.8 Å². The van der Waals surface area contributed by atoms with Gasteiger partial charge in [-0.25, -0.2) is 4.79 Å². The second kappa shape index (κ2) is 5.72. The Balaban J connectivity index is 2.71. The van der Waals surface area contributed by atoms with Crippen molar-refractivity contribution in [2.75, 3.05) is 0 Å². The maximum Gasteiger partial charge on any atom is 0.488 e. The lowest BCUT2D eigenvalue weighted by atomic mass is 9.80. The lowest BCUT2D eigenvalue weighted by Gasteiger charge is -2.16. The maximum absolute atomic E-state index is 11.3. The summed E-state index contributed by atoms with van der Waals surface area (Å²) in [5, 5.41) is 17.8. The van der Waals surface area contributed by atoms with E-state index in [9.17, 15) is 4.79 Å². The van der Waals surface area contributed by atoms with Crippen LogP contribution in [0.4, 0.5) is 0 Å². The number of ether oxygens (including phenoxy) is 1. The fourth-order valence-corrected chi connectivity index (χ4v) is 1.17. The van der Waals surface area contributed by atoms with E-state index in [4.69, 9.17) is 14.8 Å². The van der Waals surface area contributed by atoms with Crippen molar-refractivity contribution in [1.82, 2.24) is 0 Å². The van der Waals surface area contributed by atoms with Crippen LogP contribution in [0.1, 0.15) is 26.3 Å². The van der Waals surface area contributed by atoms with Crippen molar-refractivity contribution in [3.8, 4) is 11.8 Å². The molecule has 18 heavy (non-hydrogen) atoms. The quantitative estimate of drug-likeness (QED) is 0.417. The third kappa shape index (κ3) is 5.04. The average molecular weight is 246 g/mol. The molecule has 0 unspecified atom stereocenters. The number of benzene rings is 1. The highest BCUT2D eigenvalue weighted by atomic mass is 16.6. The minimum Gasteiger partial charge on any atom is -0.450 e. The summed E-state index contributed by atoms with van der Waals surface area (Å²) in [6.07, 6.45) is 0. The summed E-state index contributed by atoms with van der Waals surface area (Å²) in [7, 11) is -1.50. The highest BCUT2D eigenvalue weighted by Crippen LogP contribution is 2.06. The number of carbonyl (C=O) groups is 1. The summed E-state index contributed by atoms with van der Waals surface area (Å²) < 4.78 is 5.03. The molecule has 0 saturated carbocycles. The zero-order valence-corrected chi connectivity index (χ0v) is 10.6. The summed E-state index contributed by atoms with van der Waals surface area (Å²) in [5.41, 5.74) is 0.416. The molecule has 0 heterocycles. The highest BCUT2D eigenvalue weighted by molar-refractivity contribution is 6.58. The zero-order valence-electron chi connectivity index (χ0n) is 10.6. The topological polar surface area (TPSA) is 66.8 Å². The van der Waals surface area contributed by atoms with Crippen molar-refractivity contribution in [3.05, 3.63) is 29.8 Å². The van der Waals surface area contributed by atoms with Crippen molar-refractivity contribution in [1.29, 1.82) is 0 Å². The number of hydrogen-bond acceptors (Lipinski definition) is 4. The van der Waals surface area contributed by atoms with Crippen molar-refractivity contribution in [2.24, 2.45) is 0 Å². The molecule has 0 aliphatic heterocycles. The lowest BCUT2D eigenvalue weighted by molar-refractivity contribution is -0.147. The molecule has 0 aliphatic carbocycles. The van der Waals surface area contributed by atoms with Gasteiger partial charge in [-0.05, 0) is 38.4 Å². The predicted octanol–water partition coefficient (Wildman–Crippen LogP) is 0.0596. The molecule has 0 atom stereocenters. The molecule has 0 aliphatic rings. The molecule has 1 rings (SSSR count). The smallest absolute Gasteiger partial charge is 0.450 e. The fourth-order valence-electron chi connectivity index (χ4n) is 1.17. The van der Waals surface area contributed by atoms with E-state index in [-0.39, 0.29) is 0 Å². The molecule has 2 N–H and O–H groups in total. The van der Waals surface area contributed by atoms with Crippen molar-refractivity contribution in [2.45, 2.75) is 26.4 Å². The zero-order chi connectivity index (χ0) is 13.8. The third-order valence-electron chi connectivity index (χ3n) is 1.92. The van der Waals surface area contributed by atoms with E-state index >= 15 is 0 Å². The van der Waals surface area contributed by atoms with Crippen LogP contribution in [0.15, 0.2) is 24.3 Å². The minimum absolute atomic E-state index is 0.373. The molecule has 0 amide bonds. The average Bonchev–Trinajstić information content (AvgIpc) is 2.24. The Labute approximate surface area is 107 Å². The Morgan fingerprint density at radius 1 is 1.22 bits per heavy atom. The van der Waals surface area contributed by atoms with Crippen LogP contribution in [-0.2, 0) is 9.53 Å². The van der Waals surface area contributed by atoms with Gasteiger partial charge in [0.05, 0.1) is 0 Å². The maximum atomic E-state index is 11.3. The first kappa shape index (κ1) is 14.3. The van der Waals surface area contributed by atoms with Crippen LogP contribution in [0, 0.1) is 11.8 Å². The van der Waals surface area contributed by atoms with E-state index in [1.165, 1.54) is 12.1 Å². The third-order valence-corrected chi connectivity index (χ3v) is 1.92. The molecule has 1 aromatic rings. The molecule has 0 aromatic heterocycles. The molecule has 94 valence electrons. The van der Waals surface area contributed by atoms with Crippen LogP contribution < -0.4 is 5.46 Å². The molecule has 0 spiro atoms. The summed E-state index contributed by atoms with van der Waals surface area (Å²) in [4.78, 5) is 11.3.